The molecule has 0 N–H and O–H groups in total. The van der Waals surface area contributed by atoms with Crippen LogP contribution < -0.4 is 9.64 Å². The van der Waals surface area contributed by atoms with Crippen LogP contribution in [0.1, 0.15) is 17.3 Å². The molecule has 20 heavy (non-hydrogen) atoms. The van der Waals surface area contributed by atoms with Crippen LogP contribution >= 0.6 is 0 Å². The van der Waals surface area contributed by atoms with Gasteiger partial charge in [-0.15, -0.1) is 0 Å². The van der Waals surface area contributed by atoms with E-state index in [-0.39, 0.29) is 0 Å². The van der Waals surface area contributed by atoms with Crippen LogP contribution in [0.4, 0.5) is 5.69 Å². The molecular formula is C17H19NO2. The average Bonchev–Trinajstić information content (AvgIpc) is 2.53. The van der Waals surface area contributed by atoms with Crippen LogP contribution in [0.3, 0.4) is 0 Å². The Morgan fingerprint density at radius 2 is 1.75 bits per heavy atom. The van der Waals surface area contributed by atoms with Gasteiger partial charge in [0.05, 0.1) is 6.54 Å². The topological polar surface area (TPSA) is 29.5 Å². The van der Waals surface area contributed by atoms with Gasteiger partial charge in [0.2, 0.25) is 0 Å². The van der Waals surface area contributed by atoms with Gasteiger partial charge in [-0.05, 0) is 43.3 Å². The Labute approximate surface area is 119 Å². The van der Waals surface area contributed by atoms with E-state index in [0.29, 0.717) is 12.2 Å². The molecule has 0 heterocycles. The number of anilines is 1. The Balaban J connectivity index is 1.89. The lowest BCUT2D eigenvalue weighted by Crippen LogP contribution is -2.28. The Bertz CT molecular complexity index is 522. The standard InChI is InChI=1S/C17H19NO2/c1-2-18(16-10-8-15(14-19)9-11-16)12-13-20-17-6-4-3-5-7-17/h3-11,14H,2,12-13H2,1H3. The van der Waals surface area contributed by atoms with Crippen molar-refractivity contribution in [3.05, 3.63) is 60.2 Å². The molecule has 3 nitrogen and oxygen atoms in total. The Morgan fingerprint density at radius 1 is 1.05 bits per heavy atom. The molecule has 2 aromatic carbocycles. The number of nitrogens with zero attached hydrogens (tertiary/aromatic N) is 1. The number of carbonyl (C=O) groups excluding carboxylic acids is 1. The molecule has 0 saturated heterocycles. The fraction of sp³-hybridized carbons (Fsp3) is 0.235. The summed E-state index contributed by atoms with van der Waals surface area (Å²) >= 11 is 0. The molecular weight excluding hydrogens is 250 g/mol. The highest BCUT2D eigenvalue weighted by atomic mass is 16.5. The summed E-state index contributed by atoms with van der Waals surface area (Å²) in [6.45, 7) is 4.45. The van der Waals surface area contributed by atoms with E-state index in [2.05, 4.69) is 11.8 Å². The number of likely N-dealkylation sites (N-methyl/N-ethyl adjacent to an activating group) is 1. The van der Waals surface area contributed by atoms with Crippen molar-refractivity contribution in [1.82, 2.24) is 0 Å². The third-order valence-corrected chi connectivity index (χ3v) is 3.15. The van der Waals surface area contributed by atoms with Crippen LogP contribution in [0.15, 0.2) is 54.6 Å². The van der Waals surface area contributed by atoms with E-state index < -0.39 is 0 Å². The molecule has 0 aliphatic carbocycles. The summed E-state index contributed by atoms with van der Waals surface area (Å²) in [7, 11) is 0. The lowest BCUT2D eigenvalue weighted by atomic mass is 10.2. The van der Waals surface area contributed by atoms with E-state index in [4.69, 9.17) is 4.74 Å². The molecule has 0 aliphatic heterocycles. The highest BCUT2D eigenvalue weighted by Gasteiger charge is 2.04. The molecule has 104 valence electrons. The lowest BCUT2D eigenvalue weighted by Gasteiger charge is -2.23. The quantitative estimate of drug-likeness (QED) is 0.721. The average molecular weight is 269 g/mol. The van der Waals surface area contributed by atoms with E-state index >= 15 is 0 Å². The third-order valence-electron chi connectivity index (χ3n) is 3.15. The normalized spacial score (nSPS) is 10.1. The minimum atomic E-state index is 0.632. The molecule has 0 amide bonds. The molecule has 0 bridgehead atoms. The van der Waals surface area contributed by atoms with Crippen LogP contribution in [0, 0.1) is 0 Å². The summed E-state index contributed by atoms with van der Waals surface area (Å²) in [4.78, 5) is 12.9. The number of rotatable bonds is 7. The zero-order valence-corrected chi connectivity index (χ0v) is 11.7. The Morgan fingerprint density at radius 3 is 2.35 bits per heavy atom. The maximum Gasteiger partial charge on any atom is 0.150 e. The number of aldehydes is 1. The Hall–Kier alpha value is -2.29. The van der Waals surface area contributed by atoms with Gasteiger partial charge in [-0.3, -0.25) is 4.79 Å². The van der Waals surface area contributed by atoms with Crippen LogP contribution in [0.2, 0.25) is 0 Å². The number of benzene rings is 2. The van der Waals surface area contributed by atoms with Crippen molar-refractivity contribution in [2.45, 2.75) is 6.92 Å². The van der Waals surface area contributed by atoms with Gasteiger partial charge in [0.25, 0.3) is 0 Å². The largest absolute Gasteiger partial charge is 0.492 e. The molecule has 0 aromatic heterocycles. The molecule has 0 fully saturated rings. The molecule has 0 aliphatic rings. The first-order valence-electron chi connectivity index (χ1n) is 6.81. The second-order valence-electron chi connectivity index (χ2n) is 4.45. The van der Waals surface area contributed by atoms with Crippen LogP contribution in [0.5, 0.6) is 5.75 Å². The van der Waals surface area contributed by atoms with Crippen molar-refractivity contribution in [2.24, 2.45) is 0 Å². The smallest absolute Gasteiger partial charge is 0.150 e. The van der Waals surface area contributed by atoms with Crippen LogP contribution in [-0.4, -0.2) is 26.0 Å². The maximum atomic E-state index is 10.7. The summed E-state index contributed by atoms with van der Waals surface area (Å²) in [5.74, 6) is 0.889. The first-order valence-corrected chi connectivity index (χ1v) is 6.81. The molecule has 0 atom stereocenters. The number of hydrogen-bond acceptors (Lipinski definition) is 3. The molecule has 0 saturated carbocycles. The van der Waals surface area contributed by atoms with Crippen molar-refractivity contribution in [3.8, 4) is 5.75 Å². The van der Waals surface area contributed by atoms with E-state index in [1.165, 1.54) is 0 Å². The first kappa shape index (κ1) is 14.1. The lowest BCUT2D eigenvalue weighted by molar-refractivity contribution is 0.112. The SMILES string of the molecule is CCN(CCOc1ccccc1)c1ccc(C=O)cc1. The first-order chi connectivity index (χ1) is 9.83. The monoisotopic (exact) mass is 269 g/mol. The summed E-state index contributed by atoms with van der Waals surface area (Å²) in [5, 5.41) is 0. The van der Waals surface area contributed by atoms with Gasteiger partial charge in [0.1, 0.15) is 18.6 Å². The minimum absolute atomic E-state index is 0.632. The zero-order chi connectivity index (χ0) is 14.2. The molecule has 2 aromatic rings. The van der Waals surface area contributed by atoms with Gasteiger partial charge in [-0.2, -0.15) is 0 Å². The van der Waals surface area contributed by atoms with Crippen molar-refractivity contribution < 1.29 is 9.53 Å². The number of carbonyl (C=O) groups is 1. The Kier molecular flexibility index (Phi) is 5.18. The van der Waals surface area contributed by atoms with Gasteiger partial charge >= 0.3 is 0 Å². The molecule has 0 radical (unpaired) electrons. The second kappa shape index (κ2) is 7.34. The van der Waals surface area contributed by atoms with Crippen LogP contribution in [-0.2, 0) is 0 Å². The van der Waals surface area contributed by atoms with Crippen LogP contribution in [0.25, 0.3) is 0 Å². The molecule has 3 heteroatoms. The second-order valence-corrected chi connectivity index (χ2v) is 4.45. The van der Waals surface area contributed by atoms with Crippen molar-refractivity contribution >= 4 is 12.0 Å². The van der Waals surface area contributed by atoms with Gasteiger partial charge in [0, 0.05) is 17.8 Å². The van der Waals surface area contributed by atoms with Crippen molar-refractivity contribution in [3.63, 3.8) is 0 Å². The zero-order valence-electron chi connectivity index (χ0n) is 11.7. The van der Waals surface area contributed by atoms with Gasteiger partial charge in [0.15, 0.2) is 0 Å². The van der Waals surface area contributed by atoms with E-state index in [1.54, 1.807) is 0 Å². The van der Waals surface area contributed by atoms with E-state index in [1.807, 2.05) is 54.6 Å². The predicted molar refractivity (Wildman–Crippen MR) is 81.7 cm³/mol. The van der Waals surface area contributed by atoms with Crippen molar-refractivity contribution in [1.29, 1.82) is 0 Å². The van der Waals surface area contributed by atoms with E-state index in [9.17, 15) is 4.79 Å². The summed E-state index contributed by atoms with van der Waals surface area (Å²) in [5.41, 5.74) is 1.81. The predicted octanol–water partition coefficient (Wildman–Crippen LogP) is 3.40. The molecule has 0 unspecified atom stereocenters. The number of ether oxygens (including phenoxy) is 1. The number of para-hydroxylation sites is 1. The number of hydrogen-bond donors (Lipinski definition) is 0. The summed E-state index contributed by atoms with van der Waals surface area (Å²) in [6, 6.07) is 17.4. The molecule has 0 spiro atoms. The fourth-order valence-corrected chi connectivity index (χ4v) is 2.02. The highest BCUT2D eigenvalue weighted by Crippen LogP contribution is 2.15. The minimum Gasteiger partial charge on any atom is -0.492 e. The van der Waals surface area contributed by atoms with Gasteiger partial charge in [-0.1, -0.05) is 18.2 Å². The van der Waals surface area contributed by atoms with Gasteiger partial charge in [-0.25, -0.2) is 0 Å². The third kappa shape index (κ3) is 3.85. The van der Waals surface area contributed by atoms with Crippen molar-refractivity contribution in [2.75, 3.05) is 24.6 Å². The highest BCUT2D eigenvalue weighted by molar-refractivity contribution is 5.75. The van der Waals surface area contributed by atoms with E-state index in [0.717, 1.165) is 30.8 Å². The maximum absolute atomic E-state index is 10.7. The summed E-state index contributed by atoms with van der Waals surface area (Å²) < 4.78 is 5.71. The molecule has 2 rings (SSSR count). The van der Waals surface area contributed by atoms with Gasteiger partial charge < -0.3 is 9.64 Å². The fourth-order valence-electron chi connectivity index (χ4n) is 2.02. The summed E-state index contributed by atoms with van der Waals surface area (Å²) in [6.07, 6.45) is 0.860.